The molecule has 0 amide bonds. The Balaban J connectivity index is 1.89. The van der Waals surface area contributed by atoms with E-state index in [1.807, 2.05) is 26.0 Å². The van der Waals surface area contributed by atoms with Crippen LogP contribution in [0, 0.1) is 6.92 Å². The van der Waals surface area contributed by atoms with Gasteiger partial charge in [-0.25, -0.2) is 13.4 Å². The molecule has 0 aliphatic heterocycles. The van der Waals surface area contributed by atoms with Crippen LogP contribution in [0.25, 0.3) is 11.3 Å². The summed E-state index contributed by atoms with van der Waals surface area (Å²) < 4.78 is 28.8. The molecule has 0 saturated heterocycles. The SMILES string of the molecule is CCOCc1sc(Nc2ccc(S(C)(=O)=O)cc2)nc1-c1ccnc(C)c1. The highest BCUT2D eigenvalue weighted by molar-refractivity contribution is 7.90. The summed E-state index contributed by atoms with van der Waals surface area (Å²) in [7, 11) is -3.21. The van der Waals surface area contributed by atoms with Crippen LogP contribution < -0.4 is 5.32 Å². The van der Waals surface area contributed by atoms with Crippen LogP contribution in [0.1, 0.15) is 17.5 Å². The fourth-order valence-corrected chi connectivity index (χ4v) is 4.10. The van der Waals surface area contributed by atoms with Gasteiger partial charge < -0.3 is 10.1 Å². The molecule has 0 radical (unpaired) electrons. The van der Waals surface area contributed by atoms with Crippen molar-refractivity contribution in [3.63, 3.8) is 0 Å². The van der Waals surface area contributed by atoms with Gasteiger partial charge in [-0.2, -0.15) is 0 Å². The average molecular weight is 404 g/mol. The summed E-state index contributed by atoms with van der Waals surface area (Å²) in [6, 6.07) is 10.6. The zero-order valence-corrected chi connectivity index (χ0v) is 17.0. The summed E-state index contributed by atoms with van der Waals surface area (Å²) in [5.41, 5.74) is 3.56. The summed E-state index contributed by atoms with van der Waals surface area (Å²) in [6.07, 6.45) is 2.96. The third-order valence-electron chi connectivity index (χ3n) is 3.84. The van der Waals surface area contributed by atoms with Gasteiger partial charge in [-0.1, -0.05) is 11.3 Å². The van der Waals surface area contributed by atoms with E-state index in [-0.39, 0.29) is 4.90 Å². The predicted octanol–water partition coefficient (Wildman–Crippen LogP) is 4.20. The van der Waals surface area contributed by atoms with E-state index in [1.165, 1.54) is 17.6 Å². The van der Waals surface area contributed by atoms with Crippen LogP contribution in [0.15, 0.2) is 47.5 Å². The van der Waals surface area contributed by atoms with E-state index < -0.39 is 9.84 Å². The van der Waals surface area contributed by atoms with Gasteiger partial charge in [0, 0.05) is 36.0 Å². The van der Waals surface area contributed by atoms with Crippen molar-refractivity contribution in [3.05, 3.63) is 53.2 Å². The van der Waals surface area contributed by atoms with Crippen LogP contribution in [0.2, 0.25) is 0 Å². The smallest absolute Gasteiger partial charge is 0.188 e. The molecule has 3 rings (SSSR count). The summed E-state index contributed by atoms with van der Waals surface area (Å²) in [6.45, 7) is 5.02. The Hall–Kier alpha value is -2.29. The molecule has 0 spiro atoms. The molecule has 2 aromatic heterocycles. The number of thiazole rings is 1. The van der Waals surface area contributed by atoms with E-state index in [1.54, 1.807) is 30.5 Å². The minimum absolute atomic E-state index is 0.289. The quantitative estimate of drug-likeness (QED) is 0.637. The summed E-state index contributed by atoms with van der Waals surface area (Å²) >= 11 is 1.52. The minimum atomic E-state index is -3.21. The molecular formula is C19H21N3O3S2. The lowest BCUT2D eigenvalue weighted by atomic mass is 10.1. The molecule has 0 aliphatic rings. The second kappa shape index (κ2) is 8.16. The number of sulfone groups is 1. The van der Waals surface area contributed by atoms with Crippen molar-refractivity contribution in [2.24, 2.45) is 0 Å². The van der Waals surface area contributed by atoms with Gasteiger partial charge in [0.25, 0.3) is 0 Å². The number of aryl methyl sites for hydroxylation is 1. The van der Waals surface area contributed by atoms with E-state index in [0.29, 0.717) is 13.2 Å². The third kappa shape index (κ3) is 4.91. The molecule has 3 aromatic rings. The molecule has 0 aliphatic carbocycles. The number of ether oxygens (including phenoxy) is 1. The Labute approximate surface area is 163 Å². The highest BCUT2D eigenvalue weighted by Gasteiger charge is 2.14. The Morgan fingerprint density at radius 3 is 2.56 bits per heavy atom. The molecule has 1 N–H and O–H groups in total. The average Bonchev–Trinajstić information content (AvgIpc) is 3.02. The molecule has 1 aromatic carbocycles. The van der Waals surface area contributed by atoms with Crippen LogP contribution >= 0.6 is 11.3 Å². The predicted molar refractivity (Wildman–Crippen MR) is 108 cm³/mol. The van der Waals surface area contributed by atoms with Crippen LogP contribution in [0.5, 0.6) is 0 Å². The number of hydrogen-bond acceptors (Lipinski definition) is 7. The Morgan fingerprint density at radius 1 is 1.19 bits per heavy atom. The van der Waals surface area contributed by atoms with Crippen molar-refractivity contribution < 1.29 is 13.2 Å². The fraction of sp³-hybridized carbons (Fsp3) is 0.263. The second-order valence-electron chi connectivity index (χ2n) is 6.04. The maximum atomic E-state index is 11.6. The van der Waals surface area contributed by atoms with Crippen molar-refractivity contribution in [2.45, 2.75) is 25.3 Å². The largest absolute Gasteiger partial charge is 0.376 e. The first kappa shape index (κ1) is 19.5. The van der Waals surface area contributed by atoms with Crippen molar-refractivity contribution >= 4 is 32.0 Å². The Morgan fingerprint density at radius 2 is 1.93 bits per heavy atom. The van der Waals surface area contributed by atoms with Gasteiger partial charge in [0.15, 0.2) is 15.0 Å². The van der Waals surface area contributed by atoms with Gasteiger partial charge in [0.05, 0.1) is 22.1 Å². The van der Waals surface area contributed by atoms with Gasteiger partial charge in [0.2, 0.25) is 0 Å². The molecule has 2 heterocycles. The second-order valence-corrected chi connectivity index (χ2v) is 9.13. The standard InChI is InChI=1S/C19H21N3O3S2/c1-4-25-12-17-18(14-9-10-20-13(2)11-14)22-19(26-17)21-15-5-7-16(8-6-15)27(3,23)24/h5-11H,4,12H2,1-3H3,(H,21,22). The lowest BCUT2D eigenvalue weighted by Crippen LogP contribution is -1.97. The highest BCUT2D eigenvalue weighted by Crippen LogP contribution is 2.33. The number of rotatable bonds is 7. The van der Waals surface area contributed by atoms with E-state index in [2.05, 4.69) is 10.3 Å². The molecule has 0 unspecified atom stereocenters. The van der Waals surface area contributed by atoms with Crippen LogP contribution in [-0.2, 0) is 21.2 Å². The maximum Gasteiger partial charge on any atom is 0.188 e. The molecule has 0 saturated carbocycles. The molecule has 6 nitrogen and oxygen atoms in total. The van der Waals surface area contributed by atoms with Crippen LogP contribution in [0.4, 0.5) is 10.8 Å². The Bertz CT molecular complexity index is 1030. The van der Waals surface area contributed by atoms with Gasteiger partial charge in [-0.05, 0) is 50.2 Å². The molecular weight excluding hydrogens is 382 g/mol. The lowest BCUT2D eigenvalue weighted by molar-refractivity contribution is 0.136. The zero-order valence-electron chi connectivity index (χ0n) is 15.4. The van der Waals surface area contributed by atoms with Crippen molar-refractivity contribution in [2.75, 3.05) is 18.2 Å². The molecule has 0 atom stereocenters. The third-order valence-corrected chi connectivity index (χ3v) is 5.91. The van der Waals surface area contributed by atoms with Crippen molar-refractivity contribution in [1.29, 1.82) is 0 Å². The number of benzene rings is 1. The first-order valence-corrected chi connectivity index (χ1v) is 11.1. The van der Waals surface area contributed by atoms with E-state index >= 15 is 0 Å². The van der Waals surface area contributed by atoms with Gasteiger partial charge in [0.1, 0.15) is 0 Å². The summed E-state index contributed by atoms with van der Waals surface area (Å²) in [5, 5.41) is 3.97. The lowest BCUT2D eigenvalue weighted by Gasteiger charge is -2.04. The van der Waals surface area contributed by atoms with Gasteiger partial charge >= 0.3 is 0 Å². The van der Waals surface area contributed by atoms with Gasteiger partial charge in [-0.15, -0.1) is 0 Å². The molecule has 8 heteroatoms. The molecule has 0 bridgehead atoms. The highest BCUT2D eigenvalue weighted by atomic mass is 32.2. The van der Waals surface area contributed by atoms with Crippen molar-refractivity contribution in [1.82, 2.24) is 9.97 Å². The number of hydrogen-bond donors (Lipinski definition) is 1. The molecule has 142 valence electrons. The fourth-order valence-electron chi connectivity index (χ4n) is 2.53. The minimum Gasteiger partial charge on any atom is -0.376 e. The Kier molecular flexibility index (Phi) is 5.88. The van der Waals surface area contributed by atoms with Crippen LogP contribution in [-0.4, -0.2) is 31.2 Å². The summed E-state index contributed by atoms with van der Waals surface area (Å²) in [5.74, 6) is 0. The van der Waals surface area contributed by atoms with E-state index in [4.69, 9.17) is 9.72 Å². The number of nitrogens with one attached hydrogen (secondary N) is 1. The molecule has 27 heavy (non-hydrogen) atoms. The first-order valence-electron chi connectivity index (χ1n) is 8.44. The normalized spacial score (nSPS) is 11.5. The topological polar surface area (TPSA) is 81.2 Å². The number of pyridine rings is 1. The van der Waals surface area contributed by atoms with E-state index in [9.17, 15) is 8.42 Å². The number of nitrogens with zero attached hydrogens (tertiary/aromatic N) is 2. The zero-order chi connectivity index (χ0) is 19.4. The number of aromatic nitrogens is 2. The van der Waals surface area contributed by atoms with Crippen molar-refractivity contribution in [3.8, 4) is 11.3 Å². The molecule has 0 fully saturated rings. The monoisotopic (exact) mass is 403 g/mol. The first-order chi connectivity index (χ1) is 12.9. The maximum absolute atomic E-state index is 11.6. The number of anilines is 2. The van der Waals surface area contributed by atoms with Crippen LogP contribution in [0.3, 0.4) is 0 Å². The van der Waals surface area contributed by atoms with E-state index in [0.717, 1.165) is 32.6 Å². The van der Waals surface area contributed by atoms with Gasteiger partial charge in [-0.3, -0.25) is 4.98 Å². The summed E-state index contributed by atoms with van der Waals surface area (Å²) in [4.78, 5) is 10.3.